The van der Waals surface area contributed by atoms with Gasteiger partial charge in [0.1, 0.15) is 37.4 Å². The third kappa shape index (κ3) is 4.34. The molecule has 182 valence electrons. The van der Waals surface area contributed by atoms with Gasteiger partial charge in [-0.25, -0.2) is 0 Å². The fourth-order valence-corrected chi connectivity index (χ4v) is 5.13. The molecule has 1 saturated heterocycles. The smallest absolute Gasteiger partial charge is 0.349 e. The summed E-state index contributed by atoms with van der Waals surface area (Å²) < 4.78 is 29.6. The van der Waals surface area contributed by atoms with Crippen molar-refractivity contribution in [3.05, 3.63) is 57.6 Å². The Morgan fingerprint density at radius 2 is 1.81 bits per heavy atom. The monoisotopic (exact) mass is 509 g/mol. The molecule has 1 fully saturated rings. The molecule has 0 radical (unpaired) electrons. The van der Waals surface area contributed by atoms with E-state index < -0.39 is 41.2 Å². The average molecular weight is 509 g/mol. The van der Waals surface area contributed by atoms with E-state index in [1.165, 1.54) is 17.0 Å². The van der Waals surface area contributed by atoms with Gasteiger partial charge < -0.3 is 10.2 Å². The zero-order valence-corrected chi connectivity index (χ0v) is 21.0. The fourth-order valence-electron chi connectivity index (χ4n) is 5.00. The SMILES string of the molecule is Bc1c(C(B)NC(=O)C(F)(F)c2ccc(Cl)cc2)cc2c(c1B)C(=O)N(C1CCC(=O)NC1=O)C2B. The predicted molar refractivity (Wildman–Crippen MR) is 141 cm³/mol. The number of benzene rings is 2. The maximum atomic E-state index is 14.8. The highest BCUT2D eigenvalue weighted by Gasteiger charge is 2.45. The van der Waals surface area contributed by atoms with E-state index in [0.717, 1.165) is 12.1 Å². The average Bonchev–Trinajstić information content (AvgIpc) is 3.06. The number of fused-ring (bicyclic) bond motifs is 1. The zero-order valence-electron chi connectivity index (χ0n) is 20.2. The van der Waals surface area contributed by atoms with E-state index >= 15 is 0 Å². The number of carbonyl (C=O) groups excluding carboxylic acids is 4. The van der Waals surface area contributed by atoms with Crippen molar-refractivity contribution in [1.29, 1.82) is 0 Å². The van der Waals surface area contributed by atoms with Gasteiger partial charge in [0.15, 0.2) is 0 Å². The summed E-state index contributed by atoms with van der Waals surface area (Å²) in [6.07, 6.45) is 0.364. The minimum absolute atomic E-state index is 0.136. The van der Waals surface area contributed by atoms with Gasteiger partial charge in [-0.3, -0.25) is 24.5 Å². The first-order valence-electron chi connectivity index (χ1n) is 11.6. The van der Waals surface area contributed by atoms with Crippen molar-refractivity contribution in [2.24, 2.45) is 0 Å². The van der Waals surface area contributed by atoms with Crippen molar-refractivity contribution in [2.75, 3.05) is 0 Å². The summed E-state index contributed by atoms with van der Waals surface area (Å²) >= 11 is 5.77. The largest absolute Gasteiger partial charge is 0.352 e. The number of nitrogens with one attached hydrogen (secondary N) is 2. The lowest BCUT2D eigenvalue weighted by Crippen LogP contribution is -2.53. The zero-order chi connectivity index (χ0) is 26.5. The van der Waals surface area contributed by atoms with Crippen LogP contribution in [0.4, 0.5) is 8.78 Å². The highest BCUT2D eigenvalue weighted by molar-refractivity contribution is 6.52. The van der Waals surface area contributed by atoms with Crippen LogP contribution in [0.15, 0.2) is 30.3 Å². The Labute approximate surface area is 215 Å². The van der Waals surface area contributed by atoms with Gasteiger partial charge in [0.25, 0.3) is 11.8 Å². The third-order valence-corrected chi connectivity index (χ3v) is 7.39. The van der Waals surface area contributed by atoms with Crippen molar-refractivity contribution < 1.29 is 28.0 Å². The molecule has 0 aliphatic carbocycles. The molecule has 2 N–H and O–H groups in total. The molecule has 7 nitrogen and oxygen atoms in total. The minimum Gasteiger partial charge on any atom is -0.352 e. The van der Waals surface area contributed by atoms with Gasteiger partial charge >= 0.3 is 5.92 Å². The summed E-state index contributed by atoms with van der Waals surface area (Å²) in [7, 11) is 6.90. The molecule has 0 bridgehead atoms. The van der Waals surface area contributed by atoms with Gasteiger partial charge in [-0.05, 0) is 29.7 Å². The second-order valence-electron chi connectivity index (χ2n) is 9.31. The molecule has 2 heterocycles. The normalized spacial score (nSPS) is 20.6. The quantitative estimate of drug-likeness (QED) is 0.339. The molecule has 0 saturated carbocycles. The number of halogens is 3. The van der Waals surface area contributed by atoms with E-state index in [4.69, 9.17) is 11.6 Å². The topological polar surface area (TPSA) is 95.6 Å². The summed E-state index contributed by atoms with van der Waals surface area (Å²) in [5.41, 5.74) is 2.56. The van der Waals surface area contributed by atoms with E-state index in [1.807, 2.05) is 0 Å². The molecule has 0 spiro atoms. The van der Waals surface area contributed by atoms with Crippen LogP contribution < -0.4 is 21.6 Å². The van der Waals surface area contributed by atoms with Gasteiger partial charge in [0.05, 0.1) is 0 Å². The van der Waals surface area contributed by atoms with Gasteiger partial charge in [-0.1, -0.05) is 40.7 Å². The van der Waals surface area contributed by atoms with Gasteiger partial charge in [0.2, 0.25) is 11.8 Å². The summed E-state index contributed by atoms with van der Waals surface area (Å²) in [4.78, 5) is 51.4. The minimum atomic E-state index is -3.77. The van der Waals surface area contributed by atoms with Gasteiger partial charge in [-0.2, -0.15) is 8.78 Å². The van der Waals surface area contributed by atoms with Gasteiger partial charge in [0, 0.05) is 34.5 Å². The molecule has 0 aromatic heterocycles. The first-order valence-corrected chi connectivity index (χ1v) is 12.0. The van der Waals surface area contributed by atoms with E-state index in [0.29, 0.717) is 27.6 Å². The molecule has 3 atom stereocenters. The third-order valence-electron chi connectivity index (χ3n) is 7.14. The number of hydrogen-bond acceptors (Lipinski definition) is 4. The maximum absolute atomic E-state index is 14.8. The molecule has 36 heavy (non-hydrogen) atoms. The lowest BCUT2D eigenvalue weighted by molar-refractivity contribution is -0.147. The predicted octanol–water partition coefficient (Wildman–Crippen LogP) is -2.71. The van der Waals surface area contributed by atoms with Crippen LogP contribution in [-0.2, 0) is 20.3 Å². The Balaban J connectivity index is 1.62. The second kappa shape index (κ2) is 9.42. The summed E-state index contributed by atoms with van der Waals surface area (Å²) in [6, 6.07) is 5.75. The van der Waals surface area contributed by atoms with Crippen LogP contribution in [0.5, 0.6) is 0 Å². The van der Waals surface area contributed by atoms with E-state index in [1.54, 1.807) is 37.5 Å². The van der Waals surface area contributed by atoms with E-state index in [9.17, 15) is 28.0 Å². The first-order chi connectivity index (χ1) is 16.8. The number of imide groups is 1. The van der Waals surface area contributed by atoms with Crippen LogP contribution in [0.2, 0.25) is 5.02 Å². The maximum Gasteiger partial charge on any atom is 0.349 e. The lowest BCUT2D eigenvalue weighted by Gasteiger charge is -2.33. The number of alkyl halides is 2. The number of piperidine rings is 1. The highest BCUT2D eigenvalue weighted by atomic mass is 35.5. The second-order valence-corrected chi connectivity index (χ2v) is 9.75. The summed E-state index contributed by atoms with van der Waals surface area (Å²) in [5.74, 6) is -7.69. The molecular weight excluding hydrogens is 487 g/mol. The van der Waals surface area contributed by atoms with Gasteiger partial charge in [-0.15, -0.1) is 0 Å². The Morgan fingerprint density at radius 1 is 1.17 bits per heavy atom. The molecule has 14 heteroatoms. The van der Waals surface area contributed by atoms with E-state index in [-0.39, 0.29) is 29.7 Å². The van der Waals surface area contributed by atoms with Crippen LogP contribution in [0.3, 0.4) is 0 Å². The van der Waals surface area contributed by atoms with Crippen molar-refractivity contribution >= 4 is 77.5 Å². The Kier molecular flexibility index (Phi) is 6.81. The van der Waals surface area contributed by atoms with Crippen LogP contribution in [0.25, 0.3) is 0 Å². The number of nitrogens with zero attached hydrogens (tertiary/aromatic N) is 1. The van der Waals surface area contributed by atoms with Crippen LogP contribution >= 0.6 is 11.6 Å². The van der Waals surface area contributed by atoms with Crippen molar-refractivity contribution in [3.63, 3.8) is 0 Å². The molecule has 2 aromatic carbocycles. The molecule has 4 rings (SSSR count). The molecule has 3 unspecified atom stereocenters. The lowest BCUT2D eigenvalue weighted by atomic mass is 9.68. The number of hydrogen-bond donors (Lipinski definition) is 2. The standard InChI is InChI=1S/C22H22B4ClF2N3O4/c23-15-11(17(25)31-21(36)22(28,29)8-1-3-9(27)4-2-8)7-10-14(16(15)24)20(35)32(18(10)26)12-5-6-13(33)30-19(12)34/h1-4,7,12,17-18H,5-6,23-26H2,(H,31,36)(H,30,33,34). The summed E-state index contributed by atoms with van der Waals surface area (Å²) in [6.45, 7) is 0. The summed E-state index contributed by atoms with van der Waals surface area (Å²) in [5, 5.41) is 4.96. The number of carbonyl (C=O) groups is 4. The van der Waals surface area contributed by atoms with Crippen LogP contribution in [-0.4, -0.2) is 66.0 Å². The van der Waals surface area contributed by atoms with Crippen molar-refractivity contribution in [3.8, 4) is 0 Å². The molecular formula is C22H22B4ClF2N3O4. The van der Waals surface area contributed by atoms with Crippen molar-refractivity contribution in [1.82, 2.24) is 15.5 Å². The number of rotatable bonds is 5. The molecule has 2 aromatic rings. The molecule has 2 aliphatic heterocycles. The highest BCUT2D eigenvalue weighted by Crippen LogP contribution is 2.35. The molecule has 2 aliphatic rings. The Morgan fingerprint density at radius 3 is 2.42 bits per heavy atom. The fraction of sp³-hybridized carbons (Fsp3) is 0.273. The Hall–Kier alpha value is -3.07. The van der Waals surface area contributed by atoms with E-state index in [2.05, 4.69) is 10.6 Å². The van der Waals surface area contributed by atoms with Crippen LogP contribution in [0, 0.1) is 0 Å². The first kappa shape index (κ1) is 26.0. The van der Waals surface area contributed by atoms with Crippen LogP contribution in [0.1, 0.15) is 51.8 Å². The molecule has 4 amide bonds. The number of amides is 4. The van der Waals surface area contributed by atoms with Crippen molar-refractivity contribution in [2.45, 2.75) is 36.7 Å². The Bertz CT molecular complexity index is 1300.